The van der Waals surface area contributed by atoms with Gasteiger partial charge in [0.15, 0.2) is 0 Å². The number of anilines is 1. The molecule has 2 rings (SSSR count). The topological polar surface area (TPSA) is 47.7 Å². The van der Waals surface area contributed by atoms with E-state index in [9.17, 15) is 0 Å². The van der Waals surface area contributed by atoms with Crippen LogP contribution in [0, 0.1) is 0 Å². The lowest BCUT2D eigenvalue weighted by Crippen LogP contribution is -2.39. The van der Waals surface area contributed by atoms with Crippen molar-refractivity contribution in [2.24, 2.45) is 5.73 Å². The Hall–Kier alpha value is -0.970. The number of hydrogen-bond donors (Lipinski definition) is 1. The lowest BCUT2D eigenvalue weighted by Gasteiger charge is -2.32. The number of halogens is 1. The highest BCUT2D eigenvalue weighted by molar-refractivity contribution is 5.85. The second-order valence-electron chi connectivity index (χ2n) is 4.66. The van der Waals surface area contributed by atoms with Crippen LogP contribution in [0.15, 0.2) is 24.3 Å². The fourth-order valence-electron chi connectivity index (χ4n) is 2.15. The van der Waals surface area contributed by atoms with Crippen molar-refractivity contribution in [2.45, 2.75) is 18.9 Å². The Labute approximate surface area is 121 Å². The van der Waals surface area contributed by atoms with Gasteiger partial charge in [0.05, 0.1) is 6.61 Å². The average molecular weight is 287 g/mol. The van der Waals surface area contributed by atoms with E-state index in [1.165, 1.54) is 5.69 Å². The summed E-state index contributed by atoms with van der Waals surface area (Å²) < 4.78 is 10.5. The van der Waals surface area contributed by atoms with Gasteiger partial charge in [0, 0.05) is 31.9 Å². The van der Waals surface area contributed by atoms with E-state index in [-0.39, 0.29) is 12.4 Å². The minimum atomic E-state index is 0. The van der Waals surface area contributed by atoms with Crippen LogP contribution in [0.1, 0.15) is 12.8 Å². The summed E-state index contributed by atoms with van der Waals surface area (Å²) in [5.74, 6) is 0.893. The molecule has 1 saturated heterocycles. The smallest absolute Gasteiger partial charge is 0.119 e. The normalized spacial score (nSPS) is 16.0. The molecule has 0 bridgehead atoms. The number of rotatable bonds is 5. The molecule has 4 nitrogen and oxygen atoms in total. The monoisotopic (exact) mass is 286 g/mol. The number of ether oxygens (including phenoxy) is 2. The first-order valence-electron chi connectivity index (χ1n) is 6.52. The van der Waals surface area contributed by atoms with Crippen LogP contribution in [0.25, 0.3) is 0 Å². The van der Waals surface area contributed by atoms with E-state index in [4.69, 9.17) is 15.2 Å². The van der Waals surface area contributed by atoms with Crippen LogP contribution in [-0.4, -0.2) is 39.5 Å². The van der Waals surface area contributed by atoms with Crippen molar-refractivity contribution in [1.82, 2.24) is 0 Å². The van der Waals surface area contributed by atoms with Crippen molar-refractivity contribution in [1.29, 1.82) is 0 Å². The molecule has 1 fully saturated rings. The van der Waals surface area contributed by atoms with Crippen molar-refractivity contribution in [3.8, 4) is 5.75 Å². The number of piperidine rings is 1. The fourth-order valence-corrected chi connectivity index (χ4v) is 2.15. The van der Waals surface area contributed by atoms with Crippen molar-refractivity contribution in [2.75, 3.05) is 38.3 Å². The predicted octanol–water partition coefficient (Wildman–Crippen LogP) is 2.06. The molecule has 5 heteroatoms. The zero-order valence-electron chi connectivity index (χ0n) is 11.4. The Kier molecular flexibility index (Phi) is 6.99. The number of methoxy groups -OCH3 is 1. The Morgan fingerprint density at radius 2 is 1.79 bits per heavy atom. The zero-order valence-corrected chi connectivity index (χ0v) is 12.2. The molecule has 0 amide bonds. The molecular weight excluding hydrogens is 264 g/mol. The second-order valence-corrected chi connectivity index (χ2v) is 4.66. The molecule has 0 aliphatic carbocycles. The number of hydrogen-bond acceptors (Lipinski definition) is 4. The van der Waals surface area contributed by atoms with E-state index in [2.05, 4.69) is 17.0 Å². The molecule has 1 heterocycles. The van der Waals surface area contributed by atoms with Crippen LogP contribution in [-0.2, 0) is 4.74 Å². The maximum absolute atomic E-state index is 5.91. The molecule has 0 radical (unpaired) electrons. The van der Waals surface area contributed by atoms with Crippen molar-refractivity contribution in [3.63, 3.8) is 0 Å². The summed E-state index contributed by atoms with van der Waals surface area (Å²) >= 11 is 0. The van der Waals surface area contributed by atoms with E-state index < -0.39 is 0 Å². The third-order valence-corrected chi connectivity index (χ3v) is 3.30. The van der Waals surface area contributed by atoms with E-state index in [0.717, 1.165) is 31.7 Å². The molecule has 1 aromatic carbocycles. The van der Waals surface area contributed by atoms with Crippen LogP contribution in [0.5, 0.6) is 5.75 Å². The van der Waals surface area contributed by atoms with Gasteiger partial charge in [-0.3, -0.25) is 0 Å². The molecule has 2 N–H and O–H groups in total. The standard InChI is InChI=1S/C14H22N2O2.ClH/c1-17-10-11-18-14-4-2-13(3-5-14)16-8-6-12(15)7-9-16;/h2-5,12H,6-11,15H2,1H3;1H. The highest BCUT2D eigenvalue weighted by Crippen LogP contribution is 2.22. The molecule has 1 aliphatic rings. The first kappa shape index (κ1) is 16.1. The van der Waals surface area contributed by atoms with E-state index >= 15 is 0 Å². The SMILES string of the molecule is COCCOc1ccc(N2CCC(N)CC2)cc1.Cl. The van der Waals surface area contributed by atoms with Crippen molar-refractivity contribution in [3.05, 3.63) is 24.3 Å². The molecule has 1 aliphatic heterocycles. The minimum absolute atomic E-state index is 0. The van der Waals surface area contributed by atoms with Gasteiger partial charge in [-0.05, 0) is 37.1 Å². The molecule has 1 aromatic rings. The molecule has 0 saturated carbocycles. The number of benzene rings is 1. The van der Waals surface area contributed by atoms with Gasteiger partial charge < -0.3 is 20.1 Å². The van der Waals surface area contributed by atoms with E-state index in [0.29, 0.717) is 19.3 Å². The quantitative estimate of drug-likeness (QED) is 0.842. The van der Waals surface area contributed by atoms with Crippen molar-refractivity contribution >= 4 is 18.1 Å². The van der Waals surface area contributed by atoms with Gasteiger partial charge in [0.25, 0.3) is 0 Å². The van der Waals surface area contributed by atoms with Crippen LogP contribution in [0.3, 0.4) is 0 Å². The van der Waals surface area contributed by atoms with Gasteiger partial charge in [0.1, 0.15) is 12.4 Å². The summed E-state index contributed by atoms with van der Waals surface area (Å²) in [6.07, 6.45) is 2.15. The Bertz CT molecular complexity index is 351. The van der Waals surface area contributed by atoms with Crippen LogP contribution >= 0.6 is 12.4 Å². The molecule has 0 unspecified atom stereocenters. The molecule has 0 spiro atoms. The van der Waals surface area contributed by atoms with Crippen LogP contribution in [0.4, 0.5) is 5.69 Å². The third kappa shape index (κ3) is 4.90. The first-order valence-corrected chi connectivity index (χ1v) is 6.52. The Balaban J connectivity index is 0.00000180. The Morgan fingerprint density at radius 1 is 1.16 bits per heavy atom. The second kappa shape index (κ2) is 8.25. The van der Waals surface area contributed by atoms with Crippen molar-refractivity contribution < 1.29 is 9.47 Å². The summed E-state index contributed by atoms with van der Waals surface area (Å²) in [6, 6.07) is 8.62. The van der Waals surface area contributed by atoms with E-state index in [1.54, 1.807) is 7.11 Å². The molecule has 108 valence electrons. The lowest BCUT2D eigenvalue weighted by atomic mass is 10.1. The third-order valence-electron chi connectivity index (χ3n) is 3.30. The van der Waals surface area contributed by atoms with Gasteiger partial charge in [-0.2, -0.15) is 0 Å². The predicted molar refractivity (Wildman–Crippen MR) is 80.5 cm³/mol. The first-order chi connectivity index (χ1) is 8.79. The van der Waals surface area contributed by atoms with Gasteiger partial charge in [-0.25, -0.2) is 0 Å². The summed E-state index contributed by atoms with van der Waals surface area (Å²) in [4.78, 5) is 2.38. The lowest BCUT2D eigenvalue weighted by molar-refractivity contribution is 0.146. The molecule has 0 atom stereocenters. The zero-order chi connectivity index (χ0) is 12.8. The number of nitrogens with two attached hydrogens (primary N) is 1. The van der Waals surface area contributed by atoms with E-state index in [1.807, 2.05) is 12.1 Å². The highest BCUT2D eigenvalue weighted by atomic mass is 35.5. The largest absolute Gasteiger partial charge is 0.491 e. The van der Waals surface area contributed by atoms with Gasteiger partial charge in [0.2, 0.25) is 0 Å². The molecule has 19 heavy (non-hydrogen) atoms. The fraction of sp³-hybridized carbons (Fsp3) is 0.571. The molecule has 0 aromatic heterocycles. The average Bonchev–Trinajstić information content (AvgIpc) is 2.41. The van der Waals surface area contributed by atoms with Gasteiger partial charge in [-0.1, -0.05) is 0 Å². The summed E-state index contributed by atoms with van der Waals surface area (Å²) in [5, 5.41) is 0. The summed E-state index contributed by atoms with van der Waals surface area (Å²) in [7, 11) is 1.67. The summed E-state index contributed by atoms with van der Waals surface area (Å²) in [6.45, 7) is 3.30. The maximum Gasteiger partial charge on any atom is 0.119 e. The summed E-state index contributed by atoms with van der Waals surface area (Å²) in [5.41, 5.74) is 7.16. The van der Waals surface area contributed by atoms with Gasteiger partial charge in [-0.15, -0.1) is 12.4 Å². The minimum Gasteiger partial charge on any atom is -0.491 e. The van der Waals surface area contributed by atoms with Crippen LogP contribution < -0.4 is 15.4 Å². The Morgan fingerprint density at radius 3 is 2.37 bits per heavy atom. The highest BCUT2D eigenvalue weighted by Gasteiger charge is 2.15. The molecular formula is C14H23ClN2O2. The van der Waals surface area contributed by atoms with Crippen LogP contribution in [0.2, 0.25) is 0 Å². The number of nitrogens with zero attached hydrogens (tertiary/aromatic N) is 1. The maximum atomic E-state index is 5.91. The van der Waals surface area contributed by atoms with Gasteiger partial charge >= 0.3 is 0 Å².